The molecule has 2 heterocycles. The molecule has 2 aliphatic rings. The van der Waals surface area contributed by atoms with E-state index in [9.17, 15) is 0 Å². The summed E-state index contributed by atoms with van der Waals surface area (Å²) in [5.74, 6) is 0. The van der Waals surface area contributed by atoms with Crippen molar-refractivity contribution in [2.75, 3.05) is 13.1 Å². The molecule has 104 valence electrons. The highest BCUT2D eigenvalue weighted by molar-refractivity contribution is 6.30. The first-order valence-corrected chi connectivity index (χ1v) is 7.77. The number of nitrogens with one attached hydrogen (secondary N) is 1. The van der Waals surface area contributed by atoms with E-state index in [0.717, 1.165) is 29.8 Å². The molecule has 0 bridgehead atoms. The summed E-state index contributed by atoms with van der Waals surface area (Å²) < 4.78 is 0. The van der Waals surface area contributed by atoms with Gasteiger partial charge in [-0.15, -0.1) is 0 Å². The van der Waals surface area contributed by atoms with E-state index in [4.69, 9.17) is 11.6 Å². The number of rotatable bonds is 5. The molecule has 1 unspecified atom stereocenters. The second kappa shape index (κ2) is 6.21. The first-order chi connectivity index (χ1) is 9.31. The van der Waals surface area contributed by atoms with Crippen molar-refractivity contribution >= 4 is 11.6 Å². The van der Waals surface area contributed by atoms with Gasteiger partial charge in [-0.3, -0.25) is 9.88 Å². The van der Waals surface area contributed by atoms with Gasteiger partial charge in [0.1, 0.15) is 0 Å². The molecule has 0 spiro atoms. The van der Waals surface area contributed by atoms with Gasteiger partial charge >= 0.3 is 0 Å². The molecule has 1 aromatic heterocycles. The third-order valence-electron chi connectivity index (χ3n) is 4.07. The van der Waals surface area contributed by atoms with Crippen molar-refractivity contribution in [1.29, 1.82) is 0 Å². The third-order valence-corrected chi connectivity index (χ3v) is 4.31. The second-order valence-electron chi connectivity index (χ2n) is 5.77. The van der Waals surface area contributed by atoms with Gasteiger partial charge in [-0.2, -0.15) is 0 Å². The molecule has 1 aliphatic carbocycles. The fourth-order valence-corrected chi connectivity index (χ4v) is 3.07. The summed E-state index contributed by atoms with van der Waals surface area (Å²) in [4.78, 5) is 7.02. The Hall–Kier alpha value is -0.640. The van der Waals surface area contributed by atoms with Crippen LogP contribution in [-0.2, 0) is 6.54 Å². The van der Waals surface area contributed by atoms with Crippen LogP contribution in [0.4, 0.5) is 0 Å². The van der Waals surface area contributed by atoms with Gasteiger partial charge in [-0.1, -0.05) is 18.0 Å². The zero-order chi connectivity index (χ0) is 13.1. The first-order valence-electron chi connectivity index (χ1n) is 7.39. The van der Waals surface area contributed by atoms with E-state index < -0.39 is 0 Å². The van der Waals surface area contributed by atoms with Crippen molar-refractivity contribution in [2.24, 2.45) is 0 Å². The lowest BCUT2D eigenvalue weighted by Gasteiger charge is -2.30. The van der Waals surface area contributed by atoms with Gasteiger partial charge in [0.15, 0.2) is 0 Å². The summed E-state index contributed by atoms with van der Waals surface area (Å²) >= 11 is 6.04. The minimum Gasteiger partial charge on any atom is -0.313 e. The molecule has 1 N–H and O–H groups in total. The van der Waals surface area contributed by atoms with Crippen LogP contribution in [0.2, 0.25) is 5.02 Å². The summed E-state index contributed by atoms with van der Waals surface area (Å²) in [5, 5.41) is 4.43. The molecule has 3 rings (SSSR count). The quantitative estimate of drug-likeness (QED) is 0.898. The monoisotopic (exact) mass is 279 g/mol. The van der Waals surface area contributed by atoms with Gasteiger partial charge in [-0.05, 0) is 44.4 Å². The lowest BCUT2D eigenvalue weighted by atomic mass is 10.0. The Morgan fingerprint density at radius 1 is 1.32 bits per heavy atom. The molecule has 0 aromatic carbocycles. The van der Waals surface area contributed by atoms with Crippen molar-refractivity contribution in [2.45, 2.75) is 50.7 Å². The van der Waals surface area contributed by atoms with E-state index in [2.05, 4.69) is 15.2 Å². The molecule has 2 fully saturated rings. The fourth-order valence-electron chi connectivity index (χ4n) is 2.89. The van der Waals surface area contributed by atoms with Crippen LogP contribution in [0.15, 0.2) is 18.3 Å². The van der Waals surface area contributed by atoms with Crippen molar-refractivity contribution in [3.8, 4) is 0 Å². The highest BCUT2D eigenvalue weighted by Gasteiger charge is 2.31. The predicted molar refractivity (Wildman–Crippen MR) is 78.3 cm³/mol. The van der Waals surface area contributed by atoms with Crippen molar-refractivity contribution in [3.63, 3.8) is 0 Å². The van der Waals surface area contributed by atoms with Gasteiger partial charge in [-0.25, -0.2) is 0 Å². The Kier molecular flexibility index (Phi) is 4.36. The molecule has 1 saturated carbocycles. The SMILES string of the molecule is Clc1ccnc(CN(CC2CCCCN2)C2CC2)c1. The van der Waals surface area contributed by atoms with Gasteiger partial charge in [0, 0.05) is 36.4 Å². The average Bonchev–Trinajstić information content (AvgIpc) is 3.23. The summed E-state index contributed by atoms with van der Waals surface area (Å²) in [6.07, 6.45) is 8.50. The summed E-state index contributed by atoms with van der Waals surface area (Å²) in [6.45, 7) is 3.26. The maximum Gasteiger partial charge on any atom is 0.0558 e. The third kappa shape index (κ3) is 3.91. The van der Waals surface area contributed by atoms with E-state index in [-0.39, 0.29) is 0 Å². The molecule has 1 atom stereocenters. The van der Waals surface area contributed by atoms with Crippen LogP contribution in [0.25, 0.3) is 0 Å². The minimum atomic E-state index is 0.661. The number of nitrogens with zero attached hydrogens (tertiary/aromatic N) is 2. The average molecular weight is 280 g/mol. The molecule has 1 saturated heterocycles. The predicted octanol–water partition coefficient (Wildman–Crippen LogP) is 2.84. The molecular formula is C15H22ClN3. The van der Waals surface area contributed by atoms with Crippen LogP contribution in [0.5, 0.6) is 0 Å². The van der Waals surface area contributed by atoms with E-state index in [1.54, 1.807) is 0 Å². The Labute approximate surface area is 120 Å². The van der Waals surface area contributed by atoms with Crippen LogP contribution in [-0.4, -0.2) is 35.1 Å². The van der Waals surface area contributed by atoms with E-state index in [1.165, 1.54) is 38.6 Å². The Morgan fingerprint density at radius 3 is 2.89 bits per heavy atom. The Morgan fingerprint density at radius 2 is 2.21 bits per heavy atom. The number of halogens is 1. The molecular weight excluding hydrogens is 258 g/mol. The van der Waals surface area contributed by atoms with E-state index in [1.807, 2.05) is 18.3 Å². The zero-order valence-electron chi connectivity index (χ0n) is 11.3. The van der Waals surface area contributed by atoms with Crippen LogP contribution >= 0.6 is 11.6 Å². The van der Waals surface area contributed by atoms with Gasteiger partial charge < -0.3 is 5.32 Å². The van der Waals surface area contributed by atoms with Gasteiger partial charge in [0.05, 0.1) is 5.69 Å². The molecule has 1 aromatic rings. The fraction of sp³-hybridized carbons (Fsp3) is 0.667. The van der Waals surface area contributed by atoms with Crippen molar-refractivity contribution in [1.82, 2.24) is 15.2 Å². The maximum absolute atomic E-state index is 6.04. The molecule has 4 heteroatoms. The largest absolute Gasteiger partial charge is 0.313 e. The lowest BCUT2D eigenvalue weighted by Crippen LogP contribution is -2.44. The highest BCUT2D eigenvalue weighted by atomic mass is 35.5. The second-order valence-corrected chi connectivity index (χ2v) is 6.21. The smallest absolute Gasteiger partial charge is 0.0558 e. The lowest BCUT2D eigenvalue weighted by molar-refractivity contribution is 0.206. The number of piperidine rings is 1. The van der Waals surface area contributed by atoms with Crippen molar-refractivity contribution < 1.29 is 0 Å². The zero-order valence-corrected chi connectivity index (χ0v) is 12.1. The molecule has 0 amide bonds. The minimum absolute atomic E-state index is 0.661. The molecule has 0 radical (unpaired) electrons. The standard InChI is InChI=1S/C15H22ClN3/c16-12-6-8-18-14(9-12)11-19(15-4-5-15)10-13-3-1-2-7-17-13/h6,8-9,13,15,17H,1-5,7,10-11H2. The normalized spacial score (nSPS) is 23.8. The number of aromatic nitrogens is 1. The van der Waals surface area contributed by atoms with Gasteiger partial charge in [0.25, 0.3) is 0 Å². The van der Waals surface area contributed by atoms with Crippen LogP contribution in [0, 0.1) is 0 Å². The van der Waals surface area contributed by atoms with Crippen LogP contribution in [0.1, 0.15) is 37.8 Å². The van der Waals surface area contributed by atoms with Gasteiger partial charge in [0.2, 0.25) is 0 Å². The summed E-state index contributed by atoms with van der Waals surface area (Å²) in [5.41, 5.74) is 1.09. The maximum atomic E-state index is 6.04. The molecule has 19 heavy (non-hydrogen) atoms. The topological polar surface area (TPSA) is 28.2 Å². The van der Waals surface area contributed by atoms with E-state index in [0.29, 0.717) is 6.04 Å². The number of hydrogen-bond acceptors (Lipinski definition) is 3. The van der Waals surface area contributed by atoms with E-state index >= 15 is 0 Å². The molecule has 1 aliphatic heterocycles. The Bertz CT molecular complexity index is 414. The van der Waals surface area contributed by atoms with Crippen LogP contribution < -0.4 is 5.32 Å². The first kappa shape index (κ1) is 13.3. The number of hydrogen-bond donors (Lipinski definition) is 1. The molecule has 3 nitrogen and oxygen atoms in total. The number of pyridine rings is 1. The van der Waals surface area contributed by atoms with Crippen molar-refractivity contribution in [3.05, 3.63) is 29.0 Å². The van der Waals surface area contributed by atoms with Crippen LogP contribution in [0.3, 0.4) is 0 Å². The summed E-state index contributed by atoms with van der Waals surface area (Å²) in [6, 6.07) is 5.26. The summed E-state index contributed by atoms with van der Waals surface area (Å²) in [7, 11) is 0. The highest BCUT2D eigenvalue weighted by Crippen LogP contribution is 2.29. The Balaban J connectivity index is 1.60.